The van der Waals surface area contributed by atoms with Gasteiger partial charge in [0, 0.05) is 34.6 Å². The number of nitrogens with zero attached hydrogens (tertiary/aromatic N) is 1. The largest absolute Gasteiger partial charge is 0.339 e. The Morgan fingerprint density at radius 2 is 1.76 bits per heavy atom. The number of hydrogen-bond donors (Lipinski definition) is 1. The van der Waals surface area contributed by atoms with Crippen molar-refractivity contribution in [3.05, 3.63) is 51.2 Å². The minimum absolute atomic E-state index is 0.0229. The minimum atomic E-state index is -0.0535. The van der Waals surface area contributed by atoms with Gasteiger partial charge in [-0.2, -0.15) is 0 Å². The van der Waals surface area contributed by atoms with Gasteiger partial charge in [-0.25, -0.2) is 0 Å². The summed E-state index contributed by atoms with van der Waals surface area (Å²) in [5.74, 6) is -0.0306. The highest BCUT2D eigenvalue weighted by Crippen LogP contribution is 2.30. The lowest BCUT2D eigenvalue weighted by Gasteiger charge is -2.18. The molecule has 1 aromatic carbocycles. The molecule has 0 aliphatic heterocycles. The number of rotatable bonds is 5. The van der Waals surface area contributed by atoms with E-state index in [0.29, 0.717) is 18.7 Å². The summed E-state index contributed by atoms with van der Waals surface area (Å²) >= 11 is 1.69. The minimum Gasteiger partial charge on any atom is -0.339 e. The lowest BCUT2D eigenvalue weighted by Crippen LogP contribution is -2.30. The monoisotopic (exact) mass is 356 g/mol. The molecule has 25 heavy (non-hydrogen) atoms. The van der Waals surface area contributed by atoms with E-state index in [9.17, 15) is 9.59 Å². The number of aryl methyl sites for hydroxylation is 1. The Bertz CT molecular complexity index is 761. The van der Waals surface area contributed by atoms with Gasteiger partial charge in [-0.15, -0.1) is 11.3 Å². The summed E-state index contributed by atoms with van der Waals surface area (Å²) < 4.78 is 0. The van der Waals surface area contributed by atoms with Crippen molar-refractivity contribution in [2.24, 2.45) is 0 Å². The molecule has 4 nitrogen and oxygen atoms in total. The molecule has 0 unspecified atom stereocenters. The third-order valence-electron chi connectivity index (χ3n) is 4.75. The summed E-state index contributed by atoms with van der Waals surface area (Å²) in [5.41, 5.74) is 3.40. The van der Waals surface area contributed by atoms with E-state index in [1.54, 1.807) is 40.5 Å². The van der Waals surface area contributed by atoms with Crippen LogP contribution in [0.2, 0.25) is 0 Å². The molecule has 2 aromatic rings. The first-order valence-electron chi connectivity index (χ1n) is 8.94. The fourth-order valence-corrected chi connectivity index (χ4v) is 4.40. The zero-order valence-electron chi connectivity index (χ0n) is 14.8. The van der Waals surface area contributed by atoms with Crippen LogP contribution in [0.1, 0.15) is 57.8 Å². The highest BCUT2D eigenvalue weighted by atomic mass is 32.1. The molecule has 2 amide bonds. The van der Waals surface area contributed by atoms with Gasteiger partial charge in [-0.3, -0.25) is 9.59 Å². The van der Waals surface area contributed by atoms with Crippen LogP contribution in [0, 0.1) is 0 Å². The van der Waals surface area contributed by atoms with Gasteiger partial charge in [-0.1, -0.05) is 0 Å². The van der Waals surface area contributed by atoms with E-state index in [2.05, 4.69) is 5.32 Å². The second kappa shape index (κ2) is 7.83. The Hall–Kier alpha value is -2.14. The summed E-state index contributed by atoms with van der Waals surface area (Å²) in [4.78, 5) is 28.1. The molecule has 0 saturated heterocycles. The Balaban J connectivity index is 1.70. The number of nitrogens with one attached hydrogen (secondary N) is 1. The molecule has 1 aliphatic rings. The van der Waals surface area contributed by atoms with Crippen molar-refractivity contribution in [3.8, 4) is 0 Å². The van der Waals surface area contributed by atoms with Gasteiger partial charge < -0.3 is 10.2 Å². The Morgan fingerprint density at radius 3 is 2.44 bits per heavy atom. The smallest absolute Gasteiger partial charge is 0.256 e. The number of fused-ring (bicyclic) bond motifs is 1. The summed E-state index contributed by atoms with van der Waals surface area (Å²) in [7, 11) is 0. The first kappa shape index (κ1) is 17.7. The molecule has 5 heteroatoms. The fraction of sp³-hybridized carbons (Fsp3) is 0.400. The second-order valence-corrected chi connectivity index (χ2v) is 7.23. The molecule has 1 N–H and O–H groups in total. The lowest BCUT2D eigenvalue weighted by atomic mass is 9.95. The Kier molecular flexibility index (Phi) is 5.53. The molecule has 0 saturated carbocycles. The molecule has 0 radical (unpaired) electrons. The summed E-state index contributed by atoms with van der Waals surface area (Å²) in [5, 5.41) is 4.94. The van der Waals surface area contributed by atoms with Crippen molar-refractivity contribution in [2.45, 2.75) is 39.5 Å². The van der Waals surface area contributed by atoms with Crippen LogP contribution in [0.4, 0.5) is 5.69 Å². The van der Waals surface area contributed by atoms with Crippen molar-refractivity contribution in [1.29, 1.82) is 0 Å². The first-order valence-corrected chi connectivity index (χ1v) is 9.82. The first-order chi connectivity index (χ1) is 12.1. The van der Waals surface area contributed by atoms with E-state index < -0.39 is 0 Å². The molecule has 1 heterocycles. The van der Waals surface area contributed by atoms with Crippen LogP contribution >= 0.6 is 11.3 Å². The molecule has 3 rings (SSSR count). The normalized spacial score (nSPS) is 13.2. The maximum Gasteiger partial charge on any atom is 0.256 e. The third kappa shape index (κ3) is 3.76. The molecule has 1 aromatic heterocycles. The topological polar surface area (TPSA) is 49.4 Å². The highest BCUT2D eigenvalue weighted by molar-refractivity contribution is 7.10. The van der Waals surface area contributed by atoms with E-state index in [-0.39, 0.29) is 11.8 Å². The zero-order chi connectivity index (χ0) is 17.8. The second-order valence-electron chi connectivity index (χ2n) is 6.27. The molecule has 0 fully saturated rings. The van der Waals surface area contributed by atoms with Crippen LogP contribution in [-0.4, -0.2) is 29.8 Å². The zero-order valence-corrected chi connectivity index (χ0v) is 15.6. The van der Waals surface area contributed by atoms with Crippen molar-refractivity contribution in [2.75, 3.05) is 18.4 Å². The van der Waals surface area contributed by atoms with E-state index in [1.165, 1.54) is 16.9 Å². The predicted molar refractivity (Wildman–Crippen MR) is 103 cm³/mol. The van der Waals surface area contributed by atoms with Crippen LogP contribution in [0.15, 0.2) is 29.6 Å². The lowest BCUT2D eigenvalue weighted by molar-refractivity contribution is 0.0773. The number of anilines is 1. The summed E-state index contributed by atoms with van der Waals surface area (Å²) in [6, 6.07) is 7.15. The van der Waals surface area contributed by atoms with E-state index in [1.807, 2.05) is 19.2 Å². The van der Waals surface area contributed by atoms with Gasteiger partial charge in [0.05, 0.1) is 5.56 Å². The summed E-state index contributed by atoms with van der Waals surface area (Å²) in [6.07, 6.45) is 4.47. The van der Waals surface area contributed by atoms with Gasteiger partial charge in [0.1, 0.15) is 0 Å². The molecular formula is C20H24N2O2S. The average molecular weight is 356 g/mol. The van der Waals surface area contributed by atoms with Crippen LogP contribution in [-0.2, 0) is 12.8 Å². The van der Waals surface area contributed by atoms with E-state index >= 15 is 0 Å². The van der Waals surface area contributed by atoms with Crippen molar-refractivity contribution >= 4 is 28.8 Å². The number of carbonyl (C=O) groups is 2. The Labute approximate surface area is 152 Å². The summed E-state index contributed by atoms with van der Waals surface area (Å²) in [6.45, 7) is 5.32. The highest BCUT2D eigenvalue weighted by Gasteiger charge is 2.20. The molecule has 0 spiro atoms. The van der Waals surface area contributed by atoms with Crippen LogP contribution < -0.4 is 5.32 Å². The molecule has 0 atom stereocenters. The number of benzene rings is 1. The van der Waals surface area contributed by atoms with Crippen molar-refractivity contribution < 1.29 is 9.59 Å². The molecule has 132 valence electrons. The number of thiophene rings is 1. The quantitative estimate of drug-likeness (QED) is 0.865. The molecular weight excluding hydrogens is 332 g/mol. The van der Waals surface area contributed by atoms with Crippen molar-refractivity contribution in [3.63, 3.8) is 0 Å². The van der Waals surface area contributed by atoms with Gasteiger partial charge >= 0.3 is 0 Å². The standard InChI is InChI=1S/C20H24N2O2S/c1-3-22(4-2)20(24)14-9-11-15(12-10-14)21-19(23)17-13-25-18-8-6-5-7-16(17)18/h9-13H,3-8H2,1-2H3,(H,21,23). The van der Waals surface area contributed by atoms with E-state index in [0.717, 1.165) is 30.5 Å². The average Bonchev–Trinajstić information content (AvgIpc) is 3.07. The van der Waals surface area contributed by atoms with Crippen molar-refractivity contribution in [1.82, 2.24) is 4.90 Å². The third-order valence-corrected chi connectivity index (χ3v) is 5.83. The van der Waals surface area contributed by atoms with Crippen LogP contribution in [0.5, 0.6) is 0 Å². The van der Waals surface area contributed by atoms with Gasteiger partial charge in [0.25, 0.3) is 11.8 Å². The Morgan fingerprint density at radius 1 is 1.08 bits per heavy atom. The van der Waals surface area contributed by atoms with Gasteiger partial charge in [0.2, 0.25) is 0 Å². The van der Waals surface area contributed by atoms with E-state index in [4.69, 9.17) is 0 Å². The predicted octanol–water partition coefficient (Wildman–Crippen LogP) is 4.36. The van der Waals surface area contributed by atoms with Gasteiger partial charge in [-0.05, 0) is 69.4 Å². The SMILES string of the molecule is CCN(CC)C(=O)c1ccc(NC(=O)c2csc3c2CCCC3)cc1. The maximum atomic E-state index is 12.6. The molecule has 1 aliphatic carbocycles. The van der Waals surface area contributed by atoms with Crippen LogP contribution in [0.3, 0.4) is 0 Å². The maximum absolute atomic E-state index is 12.6. The van der Waals surface area contributed by atoms with Gasteiger partial charge in [0.15, 0.2) is 0 Å². The molecule has 0 bridgehead atoms. The fourth-order valence-electron chi connectivity index (χ4n) is 3.27. The number of hydrogen-bond acceptors (Lipinski definition) is 3. The van der Waals surface area contributed by atoms with Crippen LogP contribution in [0.25, 0.3) is 0 Å². The number of amides is 2. The number of carbonyl (C=O) groups excluding carboxylic acids is 2.